The number of nitrogens with one attached hydrogen (secondary N) is 2. The molecule has 0 aliphatic carbocycles. The number of hydrogen-bond donors (Lipinski definition) is 4. The molecule has 1 rings (SSSR count). The second kappa shape index (κ2) is 12.5. The van der Waals surface area contributed by atoms with E-state index in [9.17, 15) is 14.4 Å². The summed E-state index contributed by atoms with van der Waals surface area (Å²) in [6, 6.07) is 7.41. The zero-order chi connectivity index (χ0) is 20.1. The van der Waals surface area contributed by atoms with Crippen molar-refractivity contribution >= 4 is 23.6 Å². The van der Waals surface area contributed by atoms with Crippen LogP contribution in [0, 0.1) is 0 Å². The van der Waals surface area contributed by atoms with Gasteiger partial charge in [0.15, 0.2) is 0 Å². The van der Waals surface area contributed by atoms with E-state index in [1.807, 2.05) is 31.2 Å². The Kier molecular flexibility index (Phi) is 10.2. The maximum atomic E-state index is 11.8. The molecule has 4 amide bonds. The lowest BCUT2D eigenvalue weighted by molar-refractivity contribution is -0.121. The van der Waals surface area contributed by atoms with Crippen LogP contribution in [0.5, 0.6) is 0 Å². The van der Waals surface area contributed by atoms with Crippen molar-refractivity contribution in [1.29, 1.82) is 0 Å². The SMILES string of the molecule is C/C(=N\NC(=O)CCCCNC(N)=O)c1ccc(CCCCC(N)=O)cc1. The molecule has 1 aromatic carbocycles. The number of carbonyl (C=O) groups is 3. The average molecular weight is 375 g/mol. The highest BCUT2D eigenvalue weighted by atomic mass is 16.2. The van der Waals surface area contributed by atoms with Crippen LogP contribution in [-0.2, 0) is 16.0 Å². The van der Waals surface area contributed by atoms with Gasteiger partial charge in [-0.2, -0.15) is 5.10 Å². The van der Waals surface area contributed by atoms with E-state index in [0.29, 0.717) is 32.2 Å². The second-order valence-electron chi connectivity index (χ2n) is 6.35. The summed E-state index contributed by atoms with van der Waals surface area (Å²) in [5.41, 5.74) is 15.5. The van der Waals surface area contributed by atoms with Crippen molar-refractivity contribution in [1.82, 2.24) is 10.7 Å². The van der Waals surface area contributed by atoms with Crippen molar-refractivity contribution in [3.63, 3.8) is 0 Å². The van der Waals surface area contributed by atoms with Gasteiger partial charge in [-0.25, -0.2) is 10.2 Å². The number of amides is 4. The van der Waals surface area contributed by atoms with E-state index < -0.39 is 6.03 Å². The highest BCUT2D eigenvalue weighted by Crippen LogP contribution is 2.10. The predicted molar refractivity (Wildman–Crippen MR) is 105 cm³/mol. The van der Waals surface area contributed by atoms with E-state index in [1.54, 1.807) is 0 Å². The molecule has 0 heterocycles. The fourth-order valence-corrected chi connectivity index (χ4v) is 2.43. The summed E-state index contributed by atoms with van der Waals surface area (Å²) in [6.45, 7) is 2.29. The molecule has 148 valence electrons. The first-order chi connectivity index (χ1) is 12.9. The van der Waals surface area contributed by atoms with Crippen LogP contribution in [0.15, 0.2) is 29.4 Å². The molecule has 0 saturated heterocycles. The van der Waals surface area contributed by atoms with E-state index in [2.05, 4.69) is 15.8 Å². The molecule has 0 aliphatic rings. The van der Waals surface area contributed by atoms with Gasteiger partial charge in [0, 0.05) is 19.4 Å². The number of hydrazone groups is 1. The Morgan fingerprint density at radius 1 is 0.963 bits per heavy atom. The monoisotopic (exact) mass is 375 g/mol. The summed E-state index contributed by atoms with van der Waals surface area (Å²) in [5.74, 6) is -0.430. The van der Waals surface area contributed by atoms with Crippen molar-refractivity contribution in [2.24, 2.45) is 16.6 Å². The highest BCUT2D eigenvalue weighted by molar-refractivity contribution is 5.99. The Balaban J connectivity index is 2.33. The Morgan fingerprint density at radius 2 is 1.63 bits per heavy atom. The summed E-state index contributed by atoms with van der Waals surface area (Å²) in [5, 5.41) is 6.60. The second-order valence-corrected chi connectivity index (χ2v) is 6.35. The molecule has 0 spiro atoms. The lowest BCUT2D eigenvalue weighted by Gasteiger charge is -2.05. The maximum Gasteiger partial charge on any atom is 0.312 e. The van der Waals surface area contributed by atoms with E-state index in [4.69, 9.17) is 11.5 Å². The van der Waals surface area contributed by atoms with E-state index in [0.717, 1.165) is 30.5 Å². The summed E-state index contributed by atoms with van der Waals surface area (Å²) in [4.78, 5) is 33.0. The van der Waals surface area contributed by atoms with Crippen LogP contribution >= 0.6 is 0 Å². The largest absolute Gasteiger partial charge is 0.370 e. The van der Waals surface area contributed by atoms with Crippen molar-refractivity contribution in [3.8, 4) is 0 Å². The number of urea groups is 1. The van der Waals surface area contributed by atoms with Gasteiger partial charge in [0.25, 0.3) is 0 Å². The molecule has 0 saturated carbocycles. The first kappa shape index (κ1) is 22.1. The number of nitrogens with two attached hydrogens (primary N) is 2. The molecule has 8 nitrogen and oxygen atoms in total. The van der Waals surface area contributed by atoms with Gasteiger partial charge in [-0.1, -0.05) is 24.3 Å². The Hall–Kier alpha value is -2.90. The average Bonchev–Trinajstić information content (AvgIpc) is 2.63. The van der Waals surface area contributed by atoms with Crippen molar-refractivity contribution < 1.29 is 14.4 Å². The Morgan fingerprint density at radius 3 is 2.26 bits per heavy atom. The van der Waals surface area contributed by atoms with Gasteiger partial charge in [-0.15, -0.1) is 0 Å². The van der Waals surface area contributed by atoms with E-state index in [1.165, 1.54) is 5.56 Å². The minimum Gasteiger partial charge on any atom is -0.370 e. The number of carbonyl (C=O) groups excluding carboxylic acids is 3. The molecule has 0 aliphatic heterocycles. The number of primary amides is 2. The van der Waals surface area contributed by atoms with Crippen LogP contribution < -0.4 is 22.2 Å². The molecule has 27 heavy (non-hydrogen) atoms. The quantitative estimate of drug-likeness (QED) is 0.250. The van der Waals surface area contributed by atoms with Gasteiger partial charge in [-0.3, -0.25) is 9.59 Å². The topological polar surface area (TPSA) is 140 Å². The zero-order valence-corrected chi connectivity index (χ0v) is 15.8. The summed E-state index contributed by atoms with van der Waals surface area (Å²) < 4.78 is 0. The van der Waals surface area contributed by atoms with Crippen LogP contribution in [0.1, 0.15) is 56.6 Å². The van der Waals surface area contributed by atoms with Gasteiger partial charge >= 0.3 is 6.03 Å². The lowest BCUT2D eigenvalue weighted by atomic mass is 10.0. The minimum absolute atomic E-state index is 0.167. The number of unbranched alkanes of at least 4 members (excludes halogenated alkanes) is 2. The molecular formula is C19H29N5O3. The van der Waals surface area contributed by atoms with E-state index in [-0.39, 0.29) is 11.8 Å². The summed E-state index contributed by atoms with van der Waals surface area (Å²) in [7, 11) is 0. The smallest absolute Gasteiger partial charge is 0.312 e. The maximum absolute atomic E-state index is 11.8. The normalized spacial score (nSPS) is 11.1. The molecule has 0 radical (unpaired) electrons. The summed E-state index contributed by atoms with van der Waals surface area (Å²) in [6.07, 6.45) is 4.69. The van der Waals surface area contributed by atoms with Crippen molar-refractivity contribution in [2.45, 2.75) is 51.9 Å². The molecule has 0 atom stereocenters. The molecular weight excluding hydrogens is 346 g/mol. The fraction of sp³-hybridized carbons (Fsp3) is 0.474. The molecule has 6 N–H and O–H groups in total. The Labute approximate surface area is 159 Å². The number of rotatable bonds is 12. The van der Waals surface area contributed by atoms with Crippen LogP contribution in [0.25, 0.3) is 0 Å². The highest BCUT2D eigenvalue weighted by Gasteiger charge is 2.03. The number of aryl methyl sites for hydroxylation is 1. The third-order valence-corrected chi connectivity index (χ3v) is 3.99. The van der Waals surface area contributed by atoms with Gasteiger partial charge < -0.3 is 16.8 Å². The number of hydrogen-bond acceptors (Lipinski definition) is 4. The molecule has 1 aromatic rings. The number of benzene rings is 1. The van der Waals surface area contributed by atoms with Gasteiger partial charge in [-0.05, 0) is 50.2 Å². The molecule has 0 aromatic heterocycles. The first-order valence-corrected chi connectivity index (χ1v) is 9.12. The number of nitrogens with zero attached hydrogens (tertiary/aromatic N) is 1. The van der Waals surface area contributed by atoms with Crippen LogP contribution in [0.4, 0.5) is 4.79 Å². The zero-order valence-electron chi connectivity index (χ0n) is 15.8. The van der Waals surface area contributed by atoms with Crippen LogP contribution in [-0.4, -0.2) is 30.1 Å². The van der Waals surface area contributed by atoms with E-state index >= 15 is 0 Å². The lowest BCUT2D eigenvalue weighted by Crippen LogP contribution is -2.30. The minimum atomic E-state index is -0.559. The van der Waals surface area contributed by atoms with Crippen molar-refractivity contribution in [3.05, 3.63) is 35.4 Å². The third-order valence-electron chi connectivity index (χ3n) is 3.99. The van der Waals surface area contributed by atoms with Gasteiger partial charge in [0.1, 0.15) is 0 Å². The van der Waals surface area contributed by atoms with Crippen molar-refractivity contribution in [2.75, 3.05) is 6.54 Å². The molecule has 0 fully saturated rings. The third kappa shape index (κ3) is 10.6. The molecule has 0 unspecified atom stereocenters. The molecule has 0 bridgehead atoms. The van der Waals surface area contributed by atoms with Crippen LogP contribution in [0.2, 0.25) is 0 Å². The summed E-state index contributed by atoms with van der Waals surface area (Å²) >= 11 is 0. The van der Waals surface area contributed by atoms with Gasteiger partial charge in [0.2, 0.25) is 11.8 Å². The molecule has 8 heteroatoms. The first-order valence-electron chi connectivity index (χ1n) is 9.12. The Bertz CT molecular complexity index is 656. The fourth-order valence-electron chi connectivity index (χ4n) is 2.43. The van der Waals surface area contributed by atoms with Crippen LogP contribution in [0.3, 0.4) is 0 Å². The standard InChI is InChI=1S/C19H29N5O3/c1-14(23-24-18(26)8-4-5-13-22-19(21)27)16-11-9-15(10-12-16)6-2-3-7-17(20)25/h9-12H,2-8,13H2,1H3,(H2,20,25)(H,24,26)(H3,21,22,27)/b23-14+. The van der Waals surface area contributed by atoms with Gasteiger partial charge in [0.05, 0.1) is 5.71 Å². The predicted octanol–water partition coefficient (Wildman–Crippen LogP) is 1.56.